The molecule has 1 aromatic rings. The van der Waals surface area contributed by atoms with Crippen LogP contribution in [0.5, 0.6) is 0 Å². The van der Waals surface area contributed by atoms with E-state index in [0.29, 0.717) is 0 Å². The molecule has 0 saturated carbocycles. The molecular weight excluding hydrogens is 289 g/mol. The van der Waals surface area contributed by atoms with Crippen molar-refractivity contribution in [3.8, 4) is 0 Å². The van der Waals surface area contributed by atoms with Gasteiger partial charge in [-0.3, -0.25) is 4.72 Å². The van der Waals surface area contributed by atoms with Gasteiger partial charge in [-0.25, -0.2) is 4.79 Å². The van der Waals surface area contributed by atoms with Gasteiger partial charge in [0.05, 0.1) is 5.69 Å². The Hall–Kier alpha value is -1.97. The molecule has 19 heavy (non-hydrogen) atoms. The molecule has 0 radical (unpaired) electrons. The van der Waals surface area contributed by atoms with Crippen molar-refractivity contribution in [2.45, 2.75) is 12.1 Å². The maximum absolute atomic E-state index is 12.2. The molecule has 1 aromatic carbocycles. The summed E-state index contributed by atoms with van der Waals surface area (Å²) in [7, 11) is -5.54. The Morgan fingerprint density at radius 2 is 1.84 bits per heavy atom. The van der Waals surface area contributed by atoms with Gasteiger partial charge in [-0.1, -0.05) is 18.2 Å². The molecule has 0 heterocycles. The topological polar surface area (TPSA) is 95.5 Å². The van der Waals surface area contributed by atoms with Gasteiger partial charge in [-0.05, 0) is 11.6 Å². The summed E-state index contributed by atoms with van der Waals surface area (Å²) in [6.45, 7) is -0.327. The molecule has 3 N–H and O–H groups in total. The average molecular weight is 298 g/mol. The second-order valence-electron chi connectivity index (χ2n) is 3.37. The van der Waals surface area contributed by atoms with E-state index in [2.05, 4.69) is 0 Å². The van der Waals surface area contributed by atoms with E-state index in [0.717, 1.165) is 6.07 Å². The third kappa shape index (κ3) is 4.02. The zero-order chi connectivity index (χ0) is 14.7. The molecule has 10 heteroatoms. The average Bonchev–Trinajstić information content (AvgIpc) is 2.25. The summed E-state index contributed by atoms with van der Waals surface area (Å²) in [4.78, 5) is 10.3. The van der Waals surface area contributed by atoms with Crippen molar-refractivity contribution in [3.05, 3.63) is 29.8 Å². The Morgan fingerprint density at radius 3 is 2.37 bits per heavy atom. The van der Waals surface area contributed by atoms with Gasteiger partial charge in [-0.15, -0.1) is 0 Å². The minimum Gasteiger partial charge on any atom is -0.465 e. The molecule has 106 valence electrons. The van der Waals surface area contributed by atoms with E-state index in [9.17, 15) is 26.4 Å². The highest BCUT2D eigenvalue weighted by Crippen LogP contribution is 2.26. The van der Waals surface area contributed by atoms with E-state index in [1.165, 1.54) is 22.9 Å². The number of amides is 1. The molecule has 1 amide bonds. The normalized spacial score (nSPS) is 11.9. The summed E-state index contributed by atoms with van der Waals surface area (Å²) in [6, 6.07) is 5.15. The molecule has 0 fully saturated rings. The van der Waals surface area contributed by atoms with E-state index in [1.807, 2.05) is 5.32 Å². The van der Waals surface area contributed by atoms with E-state index >= 15 is 0 Å². The molecule has 6 nitrogen and oxygen atoms in total. The number of halogens is 3. The largest absolute Gasteiger partial charge is 0.516 e. The lowest BCUT2D eigenvalue weighted by atomic mass is 10.2. The molecule has 0 aromatic heterocycles. The fourth-order valence-electron chi connectivity index (χ4n) is 1.15. The van der Waals surface area contributed by atoms with Crippen LogP contribution >= 0.6 is 0 Å². The molecule has 0 bridgehead atoms. The lowest BCUT2D eigenvalue weighted by molar-refractivity contribution is -0.0429. The third-order valence-corrected chi connectivity index (χ3v) is 3.09. The van der Waals surface area contributed by atoms with Crippen molar-refractivity contribution >= 4 is 21.8 Å². The second-order valence-corrected chi connectivity index (χ2v) is 5.04. The first kappa shape index (κ1) is 15.1. The number of carboxylic acid groups (broad SMARTS) is 1. The number of benzene rings is 1. The van der Waals surface area contributed by atoms with E-state index < -0.39 is 21.6 Å². The fraction of sp³-hybridized carbons (Fsp3) is 0.222. The van der Waals surface area contributed by atoms with Crippen LogP contribution in [0.3, 0.4) is 0 Å². The number of rotatable bonds is 4. The van der Waals surface area contributed by atoms with Crippen molar-refractivity contribution in [1.82, 2.24) is 5.32 Å². The maximum atomic E-state index is 12.2. The maximum Gasteiger partial charge on any atom is 0.516 e. The van der Waals surface area contributed by atoms with E-state index in [1.54, 1.807) is 0 Å². The van der Waals surface area contributed by atoms with Crippen molar-refractivity contribution in [2.24, 2.45) is 0 Å². The van der Waals surface area contributed by atoms with Crippen LogP contribution in [0.1, 0.15) is 5.56 Å². The molecular formula is C9H9F3N2O4S. The van der Waals surface area contributed by atoms with Crippen LogP contribution in [0.15, 0.2) is 24.3 Å². The summed E-state index contributed by atoms with van der Waals surface area (Å²) < 4.78 is 59.9. The highest BCUT2D eigenvalue weighted by molar-refractivity contribution is 7.93. The van der Waals surface area contributed by atoms with Crippen LogP contribution in [-0.2, 0) is 16.6 Å². The SMILES string of the molecule is O=C(O)NCc1ccccc1NS(=O)(=O)C(F)(F)F. The Kier molecular flexibility index (Phi) is 4.24. The number of hydrogen-bond acceptors (Lipinski definition) is 3. The number of hydrogen-bond donors (Lipinski definition) is 3. The summed E-state index contributed by atoms with van der Waals surface area (Å²) in [5.74, 6) is 0. The standard InChI is InChI=1S/C9H9F3N2O4S/c10-9(11,12)19(17,18)14-7-4-2-1-3-6(7)5-13-8(15)16/h1-4,13-14H,5H2,(H,15,16). The highest BCUT2D eigenvalue weighted by Gasteiger charge is 2.46. The lowest BCUT2D eigenvalue weighted by Gasteiger charge is -2.13. The number of para-hydroxylation sites is 1. The Balaban J connectivity index is 2.99. The van der Waals surface area contributed by atoms with Gasteiger partial charge in [0.25, 0.3) is 0 Å². The van der Waals surface area contributed by atoms with Crippen LogP contribution in [0, 0.1) is 0 Å². The van der Waals surface area contributed by atoms with Crippen molar-refractivity contribution in [2.75, 3.05) is 4.72 Å². The van der Waals surface area contributed by atoms with Crippen molar-refractivity contribution < 1.29 is 31.5 Å². The van der Waals surface area contributed by atoms with Gasteiger partial charge in [-0.2, -0.15) is 21.6 Å². The summed E-state index contributed by atoms with van der Waals surface area (Å²) >= 11 is 0. The molecule has 0 spiro atoms. The molecule has 0 aliphatic rings. The van der Waals surface area contributed by atoms with Gasteiger partial charge in [0.15, 0.2) is 0 Å². The first-order valence-electron chi connectivity index (χ1n) is 4.77. The molecule has 0 aliphatic carbocycles. The van der Waals surface area contributed by atoms with Gasteiger partial charge in [0.1, 0.15) is 0 Å². The number of alkyl halides is 3. The number of anilines is 1. The minimum atomic E-state index is -5.54. The van der Waals surface area contributed by atoms with Crippen LogP contribution in [-0.4, -0.2) is 25.1 Å². The Bertz CT molecular complexity index is 571. The van der Waals surface area contributed by atoms with Crippen LogP contribution in [0.4, 0.5) is 23.7 Å². The predicted octanol–water partition coefficient (Wildman–Crippen LogP) is 1.72. The third-order valence-electron chi connectivity index (χ3n) is 2.00. The molecule has 0 unspecified atom stereocenters. The van der Waals surface area contributed by atoms with Gasteiger partial charge < -0.3 is 10.4 Å². The summed E-state index contributed by atoms with van der Waals surface area (Å²) in [6.07, 6.45) is -1.38. The first-order valence-corrected chi connectivity index (χ1v) is 6.25. The van der Waals surface area contributed by atoms with Crippen LogP contribution < -0.4 is 10.0 Å². The van der Waals surface area contributed by atoms with Gasteiger partial charge >= 0.3 is 21.6 Å². The molecule has 1 rings (SSSR count). The zero-order valence-corrected chi connectivity index (χ0v) is 10.0. The van der Waals surface area contributed by atoms with Crippen molar-refractivity contribution in [3.63, 3.8) is 0 Å². The summed E-state index contributed by atoms with van der Waals surface area (Å²) in [5, 5.41) is 10.3. The van der Waals surface area contributed by atoms with E-state index in [-0.39, 0.29) is 17.8 Å². The molecule has 0 atom stereocenters. The van der Waals surface area contributed by atoms with Gasteiger partial charge in [0.2, 0.25) is 0 Å². The predicted molar refractivity (Wildman–Crippen MR) is 59.9 cm³/mol. The molecule has 0 saturated heterocycles. The van der Waals surface area contributed by atoms with E-state index in [4.69, 9.17) is 5.11 Å². The summed E-state index contributed by atoms with van der Waals surface area (Å²) in [5.41, 5.74) is -5.72. The smallest absolute Gasteiger partial charge is 0.465 e. The zero-order valence-electron chi connectivity index (χ0n) is 9.23. The van der Waals surface area contributed by atoms with Crippen molar-refractivity contribution in [1.29, 1.82) is 0 Å². The Morgan fingerprint density at radius 1 is 1.26 bits per heavy atom. The monoisotopic (exact) mass is 298 g/mol. The molecule has 0 aliphatic heterocycles. The van der Waals surface area contributed by atoms with Crippen LogP contribution in [0.2, 0.25) is 0 Å². The van der Waals surface area contributed by atoms with Gasteiger partial charge in [0, 0.05) is 6.54 Å². The highest BCUT2D eigenvalue weighted by atomic mass is 32.2. The Labute approximate surface area is 106 Å². The minimum absolute atomic E-state index is 0.0673. The first-order chi connectivity index (χ1) is 8.63. The number of carbonyl (C=O) groups is 1. The fourth-order valence-corrected chi connectivity index (χ4v) is 1.75. The lowest BCUT2D eigenvalue weighted by Crippen LogP contribution is -2.30. The van der Waals surface area contributed by atoms with Crippen LogP contribution in [0.25, 0.3) is 0 Å². The quantitative estimate of drug-likeness (QED) is 0.788. The number of nitrogens with one attached hydrogen (secondary N) is 2. The number of sulfonamides is 1. The second kappa shape index (κ2) is 5.34.